The van der Waals surface area contributed by atoms with E-state index >= 15 is 0 Å². The van der Waals surface area contributed by atoms with Crippen LogP contribution in [0, 0.1) is 5.92 Å². The highest BCUT2D eigenvalue weighted by Gasteiger charge is 2.44. The van der Waals surface area contributed by atoms with Gasteiger partial charge in [-0.25, -0.2) is 0 Å². The lowest BCUT2D eigenvalue weighted by Gasteiger charge is -2.40. The van der Waals surface area contributed by atoms with E-state index < -0.39 is 37.1 Å². The van der Waals surface area contributed by atoms with E-state index in [0.717, 1.165) is 24.2 Å². The number of rotatable bonds is 6. The van der Waals surface area contributed by atoms with E-state index in [0.29, 0.717) is 23.6 Å². The Kier molecular flexibility index (Phi) is 7.69. The molecule has 0 aromatic heterocycles. The van der Waals surface area contributed by atoms with Gasteiger partial charge in [-0.15, -0.1) is 0 Å². The Labute approximate surface area is 192 Å². The predicted octanol–water partition coefficient (Wildman–Crippen LogP) is 1.70. The molecule has 2 aliphatic heterocycles. The van der Waals surface area contributed by atoms with E-state index in [1.165, 1.54) is 0 Å². The first-order valence-electron chi connectivity index (χ1n) is 11.1. The van der Waals surface area contributed by atoms with Crippen molar-refractivity contribution in [2.45, 2.75) is 62.5 Å². The lowest BCUT2D eigenvalue weighted by Crippen LogP contribution is -2.55. The molecule has 0 saturated carbocycles. The Morgan fingerprint density at radius 1 is 1.16 bits per heavy atom. The third kappa shape index (κ3) is 5.11. The second-order valence-electron chi connectivity index (χ2n) is 8.82. The lowest BCUT2D eigenvalue weighted by molar-refractivity contribution is -0.231. The van der Waals surface area contributed by atoms with Crippen LogP contribution in [-0.2, 0) is 20.6 Å². The standard InChI is InChI=1S/C24H31ClO7/c1-13-8-14(2-5-19(13)31-17-6-7-30-12-17)9-16-10-15(3-4-18(16)25)24-23(29)22(28)21(27)20(11-26)32-24/h2-5,8,10,13,17,19-24,26-29H,6-7,9,11-12H2,1H3. The van der Waals surface area contributed by atoms with Gasteiger partial charge in [0.1, 0.15) is 30.5 Å². The molecule has 4 N–H and O–H groups in total. The Morgan fingerprint density at radius 3 is 2.66 bits per heavy atom. The number of halogens is 1. The van der Waals surface area contributed by atoms with E-state index in [1.807, 2.05) is 6.07 Å². The van der Waals surface area contributed by atoms with Crippen LogP contribution < -0.4 is 0 Å². The van der Waals surface area contributed by atoms with Crippen molar-refractivity contribution in [1.29, 1.82) is 0 Å². The van der Waals surface area contributed by atoms with Crippen molar-refractivity contribution in [1.82, 2.24) is 0 Å². The van der Waals surface area contributed by atoms with Crippen molar-refractivity contribution < 1.29 is 34.6 Å². The van der Waals surface area contributed by atoms with Crippen LogP contribution in [0.4, 0.5) is 0 Å². The summed E-state index contributed by atoms with van der Waals surface area (Å²) in [5.41, 5.74) is 2.58. The summed E-state index contributed by atoms with van der Waals surface area (Å²) in [6.45, 7) is 3.05. The molecule has 4 rings (SSSR count). The summed E-state index contributed by atoms with van der Waals surface area (Å²) >= 11 is 6.45. The quantitative estimate of drug-likeness (QED) is 0.505. The summed E-state index contributed by atoms with van der Waals surface area (Å²) in [5, 5.41) is 40.6. The number of hydrogen-bond donors (Lipinski definition) is 4. The fourth-order valence-corrected chi connectivity index (χ4v) is 4.70. The molecule has 1 aliphatic carbocycles. The Morgan fingerprint density at radius 2 is 1.97 bits per heavy atom. The normalized spacial score (nSPS) is 37.5. The second-order valence-corrected chi connectivity index (χ2v) is 9.23. The highest BCUT2D eigenvalue weighted by molar-refractivity contribution is 6.31. The fourth-order valence-electron chi connectivity index (χ4n) is 4.52. The maximum absolute atomic E-state index is 10.4. The van der Waals surface area contributed by atoms with Gasteiger partial charge in [0, 0.05) is 17.5 Å². The molecule has 176 valence electrons. The smallest absolute Gasteiger partial charge is 0.113 e. The highest BCUT2D eigenvalue weighted by Crippen LogP contribution is 2.35. The highest BCUT2D eigenvalue weighted by atomic mass is 35.5. The van der Waals surface area contributed by atoms with Crippen LogP contribution in [0.3, 0.4) is 0 Å². The third-order valence-corrected chi connectivity index (χ3v) is 6.79. The molecule has 1 aromatic rings. The van der Waals surface area contributed by atoms with E-state index in [1.54, 1.807) is 12.1 Å². The van der Waals surface area contributed by atoms with Crippen LogP contribution in [0.1, 0.15) is 30.6 Å². The number of aliphatic hydroxyl groups excluding tert-OH is 4. The van der Waals surface area contributed by atoms with Gasteiger partial charge in [-0.05, 0) is 35.6 Å². The van der Waals surface area contributed by atoms with Crippen LogP contribution in [-0.4, -0.2) is 76.9 Å². The first-order chi connectivity index (χ1) is 15.4. The number of hydrogen-bond acceptors (Lipinski definition) is 7. The monoisotopic (exact) mass is 466 g/mol. The lowest BCUT2D eigenvalue weighted by atomic mass is 9.88. The topological polar surface area (TPSA) is 109 Å². The number of aliphatic hydroxyl groups is 4. The van der Waals surface area contributed by atoms with E-state index in [9.17, 15) is 20.4 Å². The van der Waals surface area contributed by atoms with Gasteiger partial charge in [-0.1, -0.05) is 48.9 Å². The zero-order chi connectivity index (χ0) is 22.8. The summed E-state index contributed by atoms with van der Waals surface area (Å²) in [6, 6.07) is 5.29. The van der Waals surface area contributed by atoms with E-state index in [-0.39, 0.29) is 18.1 Å². The van der Waals surface area contributed by atoms with Gasteiger partial charge in [0.2, 0.25) is 0 Å². The van der Waals surface area contributed by atoms with Gasteiger partial charge in [-0.3, -0.25) is 0 Å². The Balaban J connectivity index is 1.47. The van der Waals surface area contributed by atoms with E-state index in [2.05, 4.69) is 25.2 Å². The summed E-state index contributed by atoms with van der Waals surface area (Å²) in [4.78, 5) is 0. The fraction of sp³-hybridized carbons (Fsp3) is 0.583. The molecule has 0 radical (unpaired) electrons. The van der Waals surface area contributed by atoms with Crippen LogP contribution in [0.15, 0.2) is 42.0 Å². The van der Waals surface area contributed by atoms with Gasteiger partial charge >= 0.3 is 0 Å². The van der Waals surface area contributed by atoms with Gasteiger partial charge in [0.25, 0.3) is 0 Å². The predicted molar refractivity (Wildman–Crippen MR) is 118 cm³/mol. The number of ether oxygens (including phenoxy) is 3. The molecule has 3 aliphatic rings. The third-order valence-electron chi connectivity index (χ3n) is 6.42. The van der Waals surface area contributed by atoms with Crippen LogP contribution in [0.25, 0.3) is 0 Å². The maximum Gasteiger partial charge on any atom is 0.113 e. The average Bonchev–Trinajstić information content (AvgIpc) is 3.29. The Bertz CT molecular complexity index is 849. The van der Waals surface area contributed by atoms with Crippen molar-refractivity contribution in [2.75, 3.05) is 19.8 Å². The van der Waals surface area contributed by atoms with Gasteiger partial charge in [-0.2, -0.15) is 0 Å². The van der Waals surface area contributed by atoms with Gasteiger partial charge < -0.3 is 34.6 Å². The molecule has 8 atom stereocenters. The summed E-state index contributed by atoms with van der Waals surface area (Å²) in [5.74, 6) is 0.211. The Hall–Kier alpha value is -1.29. The largest absolute Gasteiger partial charge is 0.394 e. The number of allylic oxidation sites excluding steroid dienone is 2. The van der Waals surface area contributed by atoms with Crippen molar-refractivity contribution in [3.05, 3.63) is 58.1 Å². The minimum absolute atomic E-state index is 0.0152. The molecule has 0 bridgehead atoms. The summed E-state index contributed by atoms with van der Waals surface area (Å²) < 4.78 is 17.2. The molecule has 0 spiro atoms. The maximum atomic E-state index is 10.4. The molecule has 0 amide bonds. The van der Waals surface area contributed by atoms with Crippen LogP contribution >= 0.6 is 11.6 Å². The molecule has 1 aromatic carbocycles. The molecule has 8 unspecified atom stereocenters. The van der Waals surface area contributed by atoms with Crippen molar-refractivity contribution in [3.63, 3.8) is 0 Å². The minimum Gasteiger partial charge on any atom is -0.394 e. The molecule has 32 heavy (non-hydrogen) atoms. The molecule has 2 saturated heterocycles. The zero-order valence-electron chi connectivity index (χ0n) is 18.0. The molecule has 2 heterocycles. The van der Waals surface area contributed by atoms with Crippen LogP contribution in [0.2, 0.25) is 5.02 Å². The zero-order valence-corrected chi connectivity index (χ0v) is 18.8. The second kappa shape index (κ2) is 10.3. The average molecular weight is 467 g/mol. The van der Waals surface area contributed by atoms with Gasteiger partial charge in [0.05, 0.1) is 25.4 Å². The summed E-state index contributed by atoms with van der Waals surface area (Å²) in [7, 11) is 0. The van der Waals surface area contributed by atoms with Crippen molar-refractivity contribution in [2.24, 2.45) is 5.92 Å². The molecule has 2 fully saturated rings. The molecule has 7 nitrogen and oxygen atoms in total. The first-order valence-corrected chi connectivity index (χ1v) is 11.5. The first kappa shape index (κ1) is 23.9. The van der Waals surface area contributed by atoms with Crippen LogP contribution in [0.5, 0.6) is 0 Å². The molecular weight excluding hydrogens is 436 g/mol. The molecular formula is C24H31ClO7. The van der Waals surface area contributed by atoms with Crippen molar-refractivity contribution >= 4 is 11.6 Å². The minimum atomic E-state index is -1.42. The van der Waals surface area contributed by atoms with E-state index in [4.69, 9.17) is 25.8 Å². The van der Waals surface area contributed by atoms with Gasteiger partial charge in [0.15, 0.2) is 0 Å². The SMILES string of the molecule is CC1C=C(Cc2cc(C3OC(CO)C(O)C(O)C3O)ccc2Cl)C=CC1OC1CCOC1. The summed E-state index contributed by atoms with van der Waals surface area (Å²) in [6.07, 6.45) is 2.01. The molecule has 8 heteroatoms. The number of benzene rings is 1. The van der Waals surface area contributed by atoms with Crippen molar-refractivity contribution in [3.8, 4) is 0 Å².